The molecule has 0 aromatic carbocycles. The summed E-state index contributed by atoms with van der Waals surface area (Å²) in [5, 5.41) is 3.15. The van der Waals surface area contributed by atoms with E-state index in [-0.39, 0.29) is 11.9 Å². The average Bonchev–Trinajstić information content (AvgIpc) is 3.24. The van der Waals surface area contributed by atoms with E-state index < -0.39 is 0 Å². The van der Waals surface area contributed by atoms with Gasteiger partial charge in [0.15, 0.2) is 0 Å². The lowest BCUT2D eigenvalue weighted by Gasteiger charge is -2.20. The lowest BCUT2D eigenvalue weighted by Crippen LogP contribution is -2.40. The van der Waals surface area contributed by atoms with Gasteiger partial charge < -0.3 is 5.32 Å². The number of hydrogen-bond acceptors (Lipinski definition) is 4. The summed E-state index contributed by atoms with van der Waals surface area (Å²) in [6, 6.07) is 2.58. The maximum Gasteiger partial charge on any atom is 0.270 e. The first-order valence-corrected chi connectivity index (χ1v) is 7.91. The predicted molar refractivity (Wildman–Crippen MR) is 81.1 cm³/mol. The molecule has 0 bridgehead atoms. The number of nitrogens with one attached hydrogen (secondary N) is 1. The molecule has 1 aliphatic carbocycles. The molecule has 2 heterocycles. The van der Waals surface area contributed by atoms with E-state index in [0.717, 1.165) is 18.8 Å². The second-order valence-corrected chi connectivity index (χ2v) is 6.71. The van der Waals surface area contributed by atoms with Crippen molar-refractivity contribution in [3.63, 3.8) is 0 Å². The summed E-state index contributed by atoms with van der Waals surface area (Å²) >= 11 is 0. The van der Waals surface area contributed by atoms with E-state index in [4.69, 9.17) is 0 Å². The summed E-state index contributed by atoms with van der Waals surface area (Å²) in [6.07, 6.45) is 3.88. The standard InChI is InChI=1S/C16H24N4O/c1-10(2)20-7-11(3)15(8-20)19-16(21)14-6-13(12-4-5-12)17-9-18-14/h6,9-12,15H,4-5,7-8H2,1-3H3,(H,19,21)/t11-,15+/m1/s1. The number of nitrogens with zero attached hydrogens (tertiary/aromatic N) is 3. The van der Waals surface area contributed by atoms with Crippen molar-refractivity contribution in [1.82, 2.24) is 20.2 Å². The second-order valence-electron chi connectivity index (χ2n) is 6.71. The van der Waals surface area contributed by atoms with Crippen molar-refractivity contribution in [3.05, 3.63) is 23.8 Å². The predicted octanol–water partition coefficient (Wildman–Crippen LogP) is 1.81. The van der Waals surface area contributed by atoms with Crippen LogP contribution in [0.25, 0.3) is 0 Å². The van der Waals surface area contributed by atoms with Crippen molar-refractivity contribution >= 4 is 5.91 Å². The smallest absolute Gasteiger partial charge is 0.270 e. The molecule has 0 radical (unpaired) electrons. The van der Waals surface area contributed by atoms with E-state index in [9.17, 15) is 4.79 Å². The normalized spacial score (nSPS) is 26.3. The van der Waals surface area contributed by atoms with Crippen LogP contribution in [0.2, 0.25) is 0 Å². The van der Waals surface area contributed by atoms with Gasteiger partial charge in [0.2, 0.25) is 0 Å². The van der Waals surface area contributed by atoms with Gasteiger partial charge in [0.1, 0.15) is 12.0 Å². The van der Waals surface area contributed by atoms with Crippen LogP contribution < -0.4 is 5.32 Å². The van der Waals surface area contributed by atoms with E-state index in [0.29, 0.717) is 23.6 Å². The lowest BCUT2D eigenvalue weighted by molar-refractivity contribution is 0.0925. The fourth-order valence-electron chi connectivity index (χ4n) is 2.96. The van der Waals surface area contributed by atoms with Gasteiger partial charge >= 0.3 is 0 Å². The van der Waals surface area contributed by atoms with Gasteiger partial charge in [-0.25, -0.2) is 9.97 Å². The summed E-state index contributed by atoms with van der Waals surface area (Å²) in [6.45, 7) is 8.56. The Morgan fingerprint density at radius 1 is 1.33 bits per heavy atom. The zero-order chi connectivity index (χ0) is 15.0. The minimum atomic E-state index is -0.0678. The number of amides is 1. The Morgan fingerprint density at radius 3 is 2.71 bits per heavy atom. The van der Waals surface area contributed by atoms with Crippen LogP contribution in [0.3, 0.4) is 0 Å². The van der Waals surface area contributed by atoms with Gasteiger partial charge in [-0.05, 0) is 38.7 Å². The van der Waals surface area contributed by atoms with Crippen molar-refractivity contribution in [2.75, 3.05) is 13.1 Å². The maximum absolute atomic E-state index is 12.4. The van der Waals surface area contributed by atoms with Crippen LogP contribution in [0.1, 0.15) is 55.7 Å². The third-order valence-electron chi connectivity index (χ3n) is 4.60. The Balaban J connectivity index is 1.64. The van der Waals surface area contributed by atoms with E-state index in [1.54, 1.807) is 0 Å². The van der Waals surface area contributed by atoms with Crippen molar-refractivity contribution in [2.45, 2.75) is 51.6 Å². The Bertz CT molecular complexity index is 527. The minimum Gasteiger partial charge on any atom is -0.346 e. The number of rotatable bonds is 4. The molecule has 21 heavy (non-hydrogen) atoms. The van der Waals surface area contributed by atoms with Crippen LogP contribution >= 0.6 is 0 Å². The Hall–Kier alpha value is -1.49. The van der Waals surface area contributed by atoms with Crippen LogP contribution in [0.5, 0.6) is 0 Å². The fraction of sp³-hybridized carbons (Fsp3) is 0.688. The summed E-state index contributed by atoms with van der Waals surface area (Å²) in [4.78, 5) is 23.2. The van der Waals surface area contributed by atoms with Crippen molar-refractivity contribution < 1.29 is 4.79 Å². The molecule has 1 aromatic heterocycles. The SMILES string of the molecule is CC(C)N1C[C@@H](C)[C@@H](NC(=O)c2cc(C3CC3)ncn2)C1. The maximum atomic E-state index is 12.4. The minimum absolute atomic E-state index is 0.0678. The highest BCUT2D eigenvalue weighted by molar-refractivity contribution is 5.92. The molecule has 2 fully saturated rings. The van der Waals surface area contributed by atoms with E-state index in [1.165, 1.54) is 19.2 Å². The van der Waals surface area contributed by atoms with Crippen molar-refractivity contribution in [1.29, 1.82) is 0 Å². The van der Waals surface area contributed by atoms with Gasteiger partial charge in [0.25, 0.3) is 5.91 Å². The third-order valence-corrected chi connectivity index (χ3v) is 4.60. The molecule has 1 aromatic rings. The highest BCUT2D eigenvalue weighted by Gasteiger charge is 2.32. The fourth-order valence-corrected chi connectivity index (χ4v) is 2.96. The Labute approximate surface area is 126 Å². The van der Waals surface area contributed by atoms with Crippen LogP contribution in [-0.2, 0) is 0 Å². The molecule has 114 valence electrons. The third kappa shape index (κ3) is 3.23. The van der Waals surface area contributed by atoms with Crippen LogP contribution in [-0.4, -0.2) is 45.9 Å². The number of likely N-dealkylation sites (tertiary alicyclic amines) is 1. The molecule has 1 saturated carbocycles. The number of hydrogen-bond donors (Lipinski definition) is 1. The van der Waals surface area contributed by atoms with E-state index >= 15 is 0 Å². The van der Waals surface area contributed by atoms with Gasteiger partial charge in [-0.3, -0.25) is 9.69 Å². The number of carbonyl (C=O) groups is 1. The molecule has 5 nitrogen and oxygen atoms in total. The molecule has 5 heteroatoms. The molecular formula is C16H24N4O. The molecule has 0 spiro atoms. The quantitative estimate of drug-likeness (QED) is 0.918. The molecule has 3 rings (SSSR count). The number of aromatic nitrogens is 2. The largest absolute Gasteiger partial charge is 0.346 e. The zero-order valence-corrected chi connectivity index (χ0v) is 13.0. The average molecular weight is 288 g/mol. The van der Waals surface area contributed by atoms with Crippen LogP contribution in [0, 0.1) is 5.92 Å². The first-order valence-electron chi connectivity index (χ1n) is 7.91. The zero-order valence-electron chi connectivity index (χ0n) is 13.0. The van der Waals surface area contributed by atoms with Crippen LogP contribution in [0.4, 0.5) is 0 Å². The summed E-state index contributed by atoms with van der Waals surface area (Å²) in [7, 11) is 0. The van der Waals surface area contributed by atoms with Gasteiger partial charge in [0.05, 0.1) is 0 Å². The topological polar surface area (TPSA) is 58.1 Å². The molecule has 0 unspecified atom stereocenters. The molecular weight excluding hydrogens is 264 g/mol. The lowest BCUT2D eigenvalue weighted by atomic mass is 10.1. The van der Waals surface area contributed by atoms with Gasteiger partial charge in [-0.1, -0.05) is 6.92 Å². The summed E-state index contributed by atoms with van der Waals surface area (Å²) in [5.41, 5.74) is 1.51. The molecule has 1 amide bonds. The van der Waals surface area contributed by atoms with Crippen LogP contribution in [0.15, 0.2) is 12.4 Å². The molecule has 1 N–H and O–H groups in total. The number of carbonyl (C=O) groups excluding carboxylic acids is 1. The van der Waals surface area contributed by atoms with Gasteiger partial charge in [0, 0.05) is 36.8 Å². The Morgan fingerprint density at radius 2 is 2.10 bits per heavy atom. The first-order chi connectivity index (χ1) is 10.0. The van der Waals surface area contributed by atoms with Gasteiger partial charge in [-0.2, -0.15) is 0 Å². The highest BCUT2D eigenvalue weighted by atomic mass is 16.2. The first kappa shape index (κ1) is 14.4. The van der Waals surface area contributed by atoms with Crippen molar-refractivity contribution in [3.8, 4) is 0 Å². The highest BCUT2D eigenvalue weighted by Crippen LogP contribution is 2.38. The second kappa shape index (κ2) is 5.72. The van der Waals surface area contributed by atoms with E-state index in [1.807, 2.05) is 6.07 Å². The van der Waals surface area contributed by atoms with Crippen molar-refractivity contribution in [2.24, 2.45) is 5.92 Å². The molecule has 2 atom stereocenters. The Kier molecular flexibility index (Phi) is 3.93. The monoisotopic (exact) mass is 288 g/mol. The summed E-state index contributed by atoms with van der Waals surface area (Å²) in [5.74, 6) is 0.948. The molecule has 2 aliphatic rings. The van der Waals surface area contributed by atoms with E-state index in [2.05, 4.69) is 41.0 Å². The molecule has 1 saturated heterocycles. The summed E-state index contributed by atoms with van der Waals surface area (Å²) < 4.78 is 0. The molecule has 1 aliphatic heterocycles. The van der Waals surface area contributed by atoms with Gasteiger partial charge in [-0.15, -0.1) is 0 Å².